The fourth-order valence-corrected chi connectivity index (χ4v) is 6.17. The summed E-state index contributed by atoms with van der Waals surface area (Å²) in [6.07, 6.45) is 1.04. The minimum absolute atomic E-state index is 0.0352. The van der Waals surface area contributed by atoms with Crippen molar-refractivity contribution in [2.45, 2.75) is 77.9 Å². The summed E-state index contributed by atoms with van der Waals surface area (Å²) >= 11 is 12.4. The zero-order valence-electron chi connectivity index (χ0n) is 24.9. The first-order valence-electron chi connectivity index (χ1n) is 14.0. The molecule has 0 heterocycles. The second-order valence-electron chi connectivity index (χ2n) is 10.6. The Morgan fingerprint density at radius 2 is 1.52 bits per heavy atom. The molecule has 0 aliphatic heterocycles. The maximum atomic E-state index is 14.2. The number of anilines is 1. The minimum atomic E-state index is -4.14. The van der Waals surface area contributed by atoms with E-state index in [9.17, 15) is 18.0 Å². The molecule has 2 amide bonds. The van der Waals surface area contributed by atoms with E-state index in [0.717, 1.165) is 27.4 Å². The third kappa shape index (κ3) is 8.06. The van der Waals surface area contributed by atoms with Gasteiger partial charge < -0.3 is 10.2 Å². The van der Waals surface area contributed by atoms with Gasteiger partial charge in [-0.25, -0.2) is 8.42 Å². The van der Waals surface area contributed by atoms with Gasteiger partial charge in [-0.2, -0.15) is 0 Å². The molecule has 3 aromatic carbocycles. The zero-order chi connectivity index (χ0) is 31.2. The molecule has 3 aromatic rings. The summed E-state index contributed by atoms with van der Waals surface area (Å²) in [5.74, 6) is -0.833. The quantitative estimate of drug-likeness (QED) is 0.237. The average Bonchev–Trinajstić information content (AvgIpc) is 2.95. The van der Waals surface area contributed by atoms with Crippen molar-refractivity contribution in [2.75, 3.05) is 10.8 Å². The molecule has 0 saturated heterocycles. The van der Waals surface area contributed by atoms with Gasteiger partial charge in [-0.3, -0.25) is 13.9 Å². The number of benzene rings is 3. The monoisotopic (exact) mass is 631 g/mol. The van der Waals surface area contributed by atoms with Crippen LogP contribution >= 0.6 is 23.2 Å². The Labute approximate surface area is 259 Å². The molecule has 0 saturated carbocycles. The van der Waals surface area contributed by atoms with Gasteiger partial charge in [0.2, 0.25) is 11.8 Å². The summed E-state index contributed by atoms with van der Waals surface area (Å²) in [6, 6.07) is 15.9. The molecule has 42 heavy (non-hydrogen) atoms. The molecular formula is C32H39Cl2N3O4S. The fourth-order valence-electron chi connectivity index (χ4n) is 4.44. The highest BCUT2D eigenvalue weighted by Crippen LogP contribution is 2.28. The number of sulfonamides is 1. The molecule has 0 radical (unpaired) electrons. The van der Waals surface area contributed by atoms with Gasteiger partial charge in [0.15, 0.2) is 0 Å². The second kappa shape index (κ2) is 14.4. The number of nitrogens with one attached hydrogen (secondary N) is 1. The number of halogens is 2. The van der Waals surface area contributed by atoms with Gasteiger partial charge in [0.05, 0.1) is 20.6 Å². The van der Waals surface area contributed by atoms with Crippen molar-refractivity contribution in [1.82, 2.24) is 10.2 Å². The number of rotatable bonds is 12. The van der Waals surface area contributed by atoms with E-state index in [4.69, 9.17) is 23.2 Å². The van der Waals surface area contributed by atoms with Crippen LogP contribution in [0.25, 0.3) is 0 Å². The molecule has 7 nitrogen and oxygen atoms in total. The zero-order valence-corrected chi connectivity index (χ0v) is 27.3. The maximum Gasteiger partial charge on any atom is 0.264 e. The van der Waals surface area contributed by atoms with E-state index in [1.807, 2.05) is 47.6 Å². The molecule has 1 N–H and O–H groups in total. The molecule has 2 atom stereocenters. The van der Waals surface area contributed by atoms with Crippen LogP contribution in [0.1, 0.15) is 55.9 Å². The smallest absolute Gasteiger partial charge is 0.264 e. The SMILES string of the molecule is CCC(C)NC(=O)C(CC)N(Cc1ccc(Cl)c(Cl)c1)C(=O)CN(c1ccc(C)c(C)c1)S(=O)(=O)c1ccc(C)cc1. The lowest BCUT2D eigenvalue weighted by Crippen LogP contribution is -2.53. The molecule has 0 aliphatic carbocycles. The lowest BCUT2D eigenvalue weighted by atomic mass is 10.1. The first-order chi connectivity index (χ1) is 19.8. The number of hydrogen-bond acceptors (Lipinski definition) is 4. The summed E-state index contributed by atoms with van der Waals surface area (Å²) in [5.41, 5.74) is 3.81. The Morgan fingerprint density at radius 1 is 0.857 bits per heavy atom. The molecular weight excluding hydrogens is 593 g/mol. The van der Waals surface area contributed by atoms with Crippen LogP contribution in [-0.4, -0.2) is 43.8 Å². The molecule has 226 valence electrons. The molecule has 2 unspecified atom stereocenters. The van der Waals surface area contributed by atoms with Gasteiger partial charge in [-0.05, 0) is 93.6 Å². The van der Waals surface area contributed by atoms with E-state index < -0.39 is 28.5 Å². The first kappa shape index (κ1) is 33.4. The normalized spacial score (nSPS) is 12.9. The number of nitrogens with zero attached hydrogens (tertiary/aromatic N) is 2. The molecule has 0 bridgehead atoms. The number of carbonyl (C=O) groups is 2. The van der Waals surface area contributed by atoms with Crippen molar-refractivity contribution in [3.8, 4) is 0 Å². The summed E-state index contributed by atoms with van der Waals surface area (Å²) in [7, 11) is -4.14. The van der Waals surface area contributed by atoms with Gasteiger partial charge in [-0.1, -0.05) is 66.9 Å². The number of carbonyl (C=O) groups excluding carboxylic acids is 2. The van der Waals surface area contributed by atoms with Crippen LogP contribution in [0.3, 0.4) is 0 Å². The molecule has 0 aromatic heterocycles. The summed E-state index contributed by atoms with van der Waals surface area (Å²) < 4.78 is 29.2. The second-order valence-corrected chi connectivity index (χ2v) is 13.3. The van der Waals surface area contributed by atoms with Crippen LogP contribution in [0.2, 0.25) is 10.0 Å². The predicted octanol–water partition coefficient (Wildman–Crippen LogP) is 6.84. The highest BCUT2D eigenvalue weighted by Gasteiger charge is 2.34. The topological polar surface area (TPSA) is 86.8 Å². The number of aryl methyl sites for hydroxylation is 3. The highest BCUT2D eigenvalue weighted by molar-refractivity contribution is 7.92. The Morgan fingerprint density at radius 3 is 2.10 bits per heavy atom. The summed E-state index contributed by atoms with van der Waals surface area (Å²) in [5, 5.41) is 3.65. The number of hydrogen-bond donors (Lipinski definition) is 1. The van der Waals surface area contributed by atoms with E-state index in [2.05, 4.69) is 5.32 Å². The van der Waals surface area contributed by atoms with E-state index in [1.165, 1.54) is 17.0 Å². The molecule has 0 spiro atoms. The van der Waals surface area contributed by atoms with E-state index in [-0.39, 0.29) is 23.4 Å². The fraction of sp³-hybridized carbons (Fsp3) is 0.375. The number of amides is 2. The van der Waals surface area contributed by atoms with Gasteiger partial charge in [0, 0.05) is 12.6 Å². The van der Waals surface area contributed by atoms with Crippen molar-refractivity contribution >= 4 is 50.7 Å². The Bertz CT molecular complexity index is 1530. The summed E-state index contributed by atoms with van der Waals surface area (Å²) in [4.78, 5) is 29.1. The third-order valence-electron chi connectivity index (χ3n) is 7.39. The van der Waals surface area contributed by atoms with Crippen LogP contribution in [0.5, 0.6) is 0 Å². The lowest BCUT2D eigenvalue weighted by molar-refractivity contribution is -0.140. The first-order valence-corrected chi connectivity index (χ1v) is 16.2. The van der Waals surface area contributed by atoms with Crippen molar-refractivity contribution in [1.29, 1.82) is 0 Å². The van der Waals surface area contributed by atoms with Crippen LogP contribution in [-0.2, 0) is 26.2 Å². The van der Waals surface area contributed by atoms with Crippen LogP contribution in [0, 0.1) is 20.8 Å². The standard InChI is InChI=1S/C32H39Cl2N3O4S/c1-7-24(6)35-32(39)30(8-2)36(19-25-12-16-28(33)29(34)18-25)31(38)20-37(26-13-11-22(4)23(5)17-26)42(40,41)27-14-9-21(3)10-15-27/h9-18,24,30H,7-8,19-20H2,1-6H3,(H,35,39). The Balaban J connectivity index is 2.10. The van der Waals surface area contributed by atoms with Gasteiger partial charge in [-0.15, -0.1) is 0 Å². The van der Waals surface area contributed by atoms with Gasteiger partial charge in [0.25, 0.3) is 10.0 Å². The maximum absolute atomic E-state index is 14.2. The summed E-state index contributed by atoms with van der Waals surface area (Å²) in [6.45, 7) is 10.9. The molecule has 10 heteroatoms. The Hall–Kier alpha value is -3.07. The third-order valence-corrected chi connectivity index (χ3v) is 9.92. The lowest BCUT2D eigenvalue weighted by Gasteiger charge is -2.34. The van der Waals surface area contributed by atoms with Crippen molar-refractivity contribution in [3.63, 3.8) is 0 Å². The van der Waals surface area contributed by atoms with E-state index in [1.54, 1.807) is 42.5 Å². The highest BCUT2D eigenvalue weighted by atomic mass is 35.5. The molecule has 0 aliphatic rings. The Kier molecular flexibility index (Phi) is 11.5. The van der Waals surface area contributed by atoms with E-state index in [0.29, 0.717) is 27.7 Å². The molecule has 3 rings (SSSR count). The van der Waals surface area contributed by atoms with Gasteiger partial charge >= 0.3 is 0 Å². The van der Waals surface area contributed by atoms with E-state index >= 15 is 0 Å². The van der Waals surface area contributed by atoms with Crippen molar-refractivity contribution in [3.05, 3.63) is 93.0 Å². The average molecular weight is 633 g/mol. The minimum Gasteiger partial charge on any atom is -0.352 e. The molecule has 0 fully saturated rings. The predicted molar refractivity (Wildman–Crippen MR) is 171 cm³/mol. The van der Waals surface area contributed by atoms with Crippen molar-refractivity contribution < 1.29 is 18.0 Å². The van der Waals surface area contributed by atoms with Gasteiger partial charge in [0.1, 0.15) is 12.6 Å². The van der Waals surface area contributed by atoms with Crippen LogP contribution in [0.15, 0.2) is 65.6 Å². The van der Waals surface area contributed by atoms with Crippen LogP contribution < -0.4 is 9.62 Å². The largest absolute Gasteiger partial charge is 0.352 e. The van der Waals surface area contributed by atoms with Crippen molar-refractivity contribution in [2.24, 2.45) is 0 Å². The van der Waals surface area contributed by atoms with Crippen LogP contribution in [0.4, 0.5) is 5.69 Å².